The molecule has 2 aliphatic rings. The molecule has 2 heterocycles. The Labute approximate surface area is 164 Å². The molecule has 1 saturated heterocycles. The largest absolute Gasteiger partial charge is 0.367 e. The van der Waals surface area contributed by atoms with Crippen molar-refractivity contribution in [3.63, 3.8) is 0 Å². The van der Waals surface area contributed by atoms with Crippen LogP contribution in [0.25, 0.3) is 11.3 Å². The lowest BCUT2D eigenvalue weighted by atomic mass is 10.0. The zero-order valence-corrected chi connectivity index (χ0v) is 15.6. The van der Waals surface area contributed by atoms with Gasteiger partial charge in [0.05, 0.1) is 11.3 Å². The third-order valence-electron chi connectivity index (χ3n) is 5.52. The molecule has 5 rings (SSSR count). The molecule has 0 saturated carbocycles. The molecule has 4 heteroatoms. The van der Waals surface area contributed by atoms with Crippen LogP contribution in [-0.4, -0.2) is 41.8 Å². The molecule has 1 aliphatic carbocycles. The highest BCUT2D eigenvalue weighted by Gasteiger charge is 2.34. The zero-order chi connectivity index (χ0) is 18.9. The highest BCUT2D eigenvalue weighted by Crippen LogP contribution is 2.40. The van der Waals surface area contributed by atoms with Gasteiger partial charge in [-0.15, -0.1) is 0 Å². The van der Waals surface area contributed by atoms with Crippen LogP contribution < -0.4 is 4.90 Å². The van der Waals surface area contributed by atoms with Crippen LogP contribution in [0.15, 0.2) is 79.0 Å². The van der Waals surface area contributed by atoms with Crippen molar-refractivity contribution in [3.8, 4) is 0 Å². The number of benzene rings is 2. The van der Waals surface area contributed by atoms with Crippen LogP contribution in [0.2, 0.25) is 0 Å². The second kappa shape index (κ2) is 6.97. The Balaban J connectivity index is 1.51. The average Bonchev–Trinajstić information content (AvgIpc) is 3.08. The maximum Gasteiger partial charge on any atom is 0.196 e. The minimum Gasteiger partial charge on any atom is -0.367 e. The van der Waals surface area contributed by atoms with Gasteiger partial charge < -0.3 is 9.80 Å². The fourth-order valence-electron chi connectivity index (χ4n) is 4.17. The number of carbonyl (C=O) groups excluding carboxylic acids is 1. The second-order valence-electron chi connectivity index (χ2n) is 7.13. The van der Waals surface area contributed by atoms with E-state index in [1.54, 1.807) is 0 Å². The molecule has 0 unspecified atom stereocenters. The third kappa shape index (κ3) is 2.78. The Hall–Kier alpha value is -3.40. The van der Waals surface area contributed by atoms with Crippen molar-refractivity contribution in [2.24, 2.45) is 0 Å². The summed E-state index contributed by atoms with van der Waals surface area (Å²) in [5, 5.41) is 0. The SMILES string of the molecule is O=C1C(c2ccccc2)=C(N2CCN(c3ccccn3)CC2)c2ccccc21. The Morgan fingerprint density at radius 3 is 2.04 bits per heavy atom. The molecule has 3 aromatic rings. The number of ketones is 1. The molecule has 0 spiro atoms. The van der Waals surface area contributed by atoms with E-state index in [2.05, 4.69) is 26.9 Å². The van der Waals surface area contributed by atoms with Gasteiger partial charge in [-0.3, -0.25) is 4.79 Å². The number of allylic oxidation sites excluding steroid dienone is 1. The van der Waals surface area contributed by atoms with Crippen LogP contribution in [0.4, 0.5) is 5.82 Å². The van der Waals surface area contributed by atoms with E-state index in [9.17, 15) is 4.79 Å². The first-order valence-corrected chi connectivity index (χ1v) is 9.67. The minimum absolute atomic E-state index is 0.129. The number of Topliss-reactive ketones (excluding diaryl/α,β-unsaturated/α-hetero) is 1. The normalized spacial score (nSPS) is 16.5. The number of nitrogens with zero attached hydrogens (tertiary/aromatic N) is 3. The smallest absolute Gasteiger partial charge is 0.196 e. The Kier molecular flexibility index (Phi) is 4.17. The van der Waals surface area contributed by atoms with Crippen LogP contribution >= 0.6 is 0 Å². The van der Waals surface area contributed by atoms with E-state index >= 15 is 0 Å². The van der Waals surface area contributed by atoms with E-state index in [0.29, 0.717) is 0 Å². The van der Waals surface area contributed by atoms with Crippen LogP contribution in [0.5, 0.6) is 0 Å². The van der Waals surface area contributed by atoms with Gasteiger partial charge in [0.2, 0.25) is 0 Å². The summed E-state index contributed by atoms with van der Waals surface area (Å²) in [4.78, 5) is 22.4. The van der Waals surface area contributed by atoms with Crippen molar-refractivity contribution in [2.45, 2.75) is 0 Å². The molecule has 0 N–H and O–H groups in total. The van der Waals surface area contributed by atoms with Crippen molar-refractivity contribution in [2.75, 3.05) is 31.1 Å². The van der Waals surface area contributed by atoms with Gasteiger partial charge >= 0.3 is 0 Å². The summed E-state index contributed by atoms with van der Waals surface area (Å²) < 4.78 is 0. The lowest BCUT2D eigenvalue weighted by Gasteiger charge is -2.38. The summed E-state index contributed by atoms with van der Waals surface area (Å²) in [6.45, 7) is 3.51. The number of carbonyl (C=O) groups is 1. The molecule has 4 nitrogen and oxygen atoms in total. The number of fused-ring (bicyclic) bond motifs is 1. The number of piperazine rings is 1. The maximum atomic E-state index is 13.2. The minimum atomic E-state index is 0.129. The molecule has 138 valence electrons. The molecule has 1 aromatic heterocycles. The molecule has 0 bridgehead atoms. The topological polar surface area (TPSA) is 36.4 Å². The monoisotopic (exact) mass is 367 g/mol. The van der Waals surface area contributed by atoms with E-state index in [0.717, 1.165) is 60.0 Å². The summed E-state index contributed by atoms with van der Waals surface area (Å²) in [7, 11) is 0. The van der Waals surface area contributed by atoms with Crippen molar-refractivity contribution in [3.05, 3.63) is 95.7 Å². The van der Waals surface area contributed by atoms with Crippen LogP contribution in [0.3, 0.4) is 0 Å². The summed E-state index contributed by atoms with van der Waals surface area (Å²) in [6, 6.07) is 24.0. The number of pyridine rings is 1. The number of rotatable bonds is 3. The highest BCUT2D eigenvalue weighted by atomic mass is 16.1. The predicted octanol–water partition coefficient (Wildman–Crippen LogP) is 3.97. The Morgan fingerprint density at radius 1 is 0.679 bits per heavy atom. The number of aromatic nitrogens is 1. The van der Waals surface area contributed by atoms with Gasteiger partial charge in [-0.25, -0.2) is 4.98 Å². The first-order chi connectivity index (χ1) is 13.8. The van der Waals surface area contributed by atoms with E-state index in [1.165, 1.54) is 0 Å². The van der Waals surface area contributed by atoms with Gasteiger partial charge in [-0.1, -0.05) is 60.7 Å². The van der Waals surface area contributed by atoms with E-state index in [1.807, 2.05) is 66.9 Å². The molecule has 0 atom stereocenters. The summed E-state index contributed by atoms with van der Waals surface area (Å²) in [6.07, 6.45) is 1.84. The maximum absolute atomic E-state index is 13.2. The second-order valence-corrected chi connectivity index (χ2v) is 7.13. The fourth-order valence-corrected chi connectivity index (χ4v) is 4.17. The highest BCUT2D eigenvalue weighted by molar-refractivity contribution is 6.39. The summed E-state index contributed by atoms with van der Waals surface area (Å²) in [5.74, 6) is 1.14. The molecular formula is C24H21N3O. The van der Waals surface area contributed by atoms with Gasteiger partial charge in [0.1, 0.15) is 5.82 Å². The quantitative estimate of drug-likeness (QED) is 0.702. The van der Waals surface area contributed by atoms with Gasteiger partial charge in [0, 0.05) is 43.5 Å². The van der Waals surface area contributed by atoms with E-state index in [-0.39, 0.29) is 5.78 Å². The lowest BCUT2D eigenvalue weighted by Crippen LogP contribution is -2.45. The summed E-state index contributed by atoms with van der Waals surface area (Å²) >= 11 is 0. The molecule has 2 aromatic carbocycles. The number of hydrogen-bond acceptors (Lipinski definition) is 4. The predicted molar refractivity (Wildman–Crippen MR) is 112 cm³/mol. The van der Waals surface area contributed by atoms with Gasteiger partial charge in [0.15, 0.2) is 5.78 Å². The van der Waals surface area contributed by atoms with Crippen molar-refractivity contribution < 1.29 is 4.79 Å². The zero-order valence-electron chi connectivity index (χ0n) is 15.6. The lowest BCUT2D eigenvalue weighted by molar-refractivity contribution is 0.105. The van der Waals surface area contributed by atoms with Crippen LogP contribution in [0, 0.1) is 0 Å². The molecule has 1 aliphatic heterocycles. The van der Waals surface area contributed by atoms with E-state index in [4.69, 9.17) is 0 Å². The van der Waals surface area contributed by atoms with Gasteiger partial charge in [-0.05, 0) is 17.7 Å². The van der Waals surface area contributed by atoms with Crippen LogP contribution in [0.1, 0.15) is 21.5 Å². The Morgan fingerprint density at radius 2 is 1.32 bits per heavy atom. The molecular weight excluding hydrogens is 346 g/mol. The fraction of sp³-hybridized carbons (Fsp3) is 0.167. The average molecular weight is 367 g/mol. The molecule has 0 radical (unpaired) electrons. The van der Waals surface area contributed by atoms with Crippen LogP contribution in [-0.2, 0) is 0 Å². The van der Waals surface area contributed by atoms with Crippen molar-refractivity contribution in [1.29, 1.82) is 0 Å². The summed E-state index contributed by atoms with van der Waals surface area (Å²) in [5.41, 5.74) is 4.76. The first kappa shape index (κ1) is 16.8. The van der Waals surface area contributed by atoms with Gasteiger partial charge in [0.25, 0.3) is 0 Å². The number of hydrogen-bond donors (Lipinski definition) is 0. The van der Waals surface area contributed by atoms with Crippen molar-refractivity contribution in [1.82, 2.24) is 9.88 Å². The first-order valence-electron chi connectivity index (χ1n) is 9.67. The standard InChI is InChI=1S/C24H21N3O/c28-24-20-11-5-4-10-19(20)23(22(24)18-8-2-1-3-9-18)27-16-14-26(15-17-27)21-12-6-7-13-25-21/h1-13H,14-17H2. The Bertz CT molecular complexity index is 1040. The van der Waals surface area contributed by atoms with Crippen molar-refractivity contribution >= 4 is 22.9 Å². The number of anilines is 1. The third-order valence-corrected chi connectivity index (χ3v) is 5.52. The molecule has 28 heavy (non-hydrogen) atoms. The molecule has 1 fully saturated rings. The van der Waals surface area contributed by atoms with Gasteiger partial charge in [-0.2, -0.15) is 0 Å². The van der Waals surface area contributed by atoms with E-state index < -0.39 is 0 Å². The molecule has 0 amide bonds.